The van der Waals surface area contributed by atoms with E-state index in [0.717, 1.165) is 48.9 Å². The van der Waals surface area contributed by atoms with Gasteiger partial charge in [-0.05, 0) is 92.3 Å². The molecule has 6 heteroatoms. The highest BCUT2D eigenvalue weighted by Gasteiger charge is 2.56. The van der Waals surface area contributed by atoms with Crippen molar-refractivity contribution in [3.05, 3.63) is 30.6 Å². The van der Waals surface area contributed by atoms with E-state index in [2.05, 4.69) is 18.8 Å². The molecule has 168 valence electrons. The third-order valence-electron chi connectivity index (χ3n) is 9.16. The predicted molar refractivity (Wildman–Crippen MR) is 114 cm³/mol. The van der Waals surface area contributed by atoms with Crippen molar-refractivity contribution < 1.29 is 22.1 Å². The van der Waals surface area contributed by atoms with E-state index in [0.29, 0.717) is 11.3 Å². The number of aromatic nitrogens is 1. The molecule has 4 aliphatic rings. The van der Waals surface area contributed by atoms with E-state index < -0.39 is 10.4 Å². The molecular weight excluding hydrogens is 398 g/mol. The molecule has 4 aliphatic carbocycles. The van der Waals surface area contributed by atoms with Gasteiger partial charge in [0.15, 0.2) is 12.4 Å². The number of H-pyrrole nitrogens is 1. The van der Waals surface area contributed by atoms with Crippen LogP contribution in [0.15, 0.2) is 30.6 Å². The second-order valence-corrected chi connectivity index (χ2v) is 11.5. The van der Waals surface area contributed by atoms with Crippen molar-refractivity contribution in [2.75, 3.05) is 0 Å². The van der Waals surface area contributed by atoms with Crippen LogP contribution >= 0.6 is 0 Å². The van der Waals surface area contributed by atoms with Crippen molar-refractivity contribution in [3.63, 3.8) is 0 Å². The number of nitrogens with one attached hydrogen (secondary N) is 1. The van der Waals surface area contributed by atoms with Crippen LogP contribution < -0.4 is 4.98 Å². The van der Waals surface area contributed by atoms with Crippen molar-refractivity contribution in [3.8, 4) is 0 Å². The van der Waals surface area contributed by atoms with Crippen LogP contribution in [0.1, 0.15) is 71.6 Å². The Kier molecular flexibility index (Phi) is 6.57. The maximum Gasteiger partial charge on any atom is 0.217 e. The monoisotopic (exact) mass is 435 g/mol. The fourth-order valence-electron chi connectivity index (χ4n) is 7.76. The third kappa shape index (κ3) is 4.61. The summed E-state index contributed by atoms with van der Waals surface area (Å²) in [5.41, 5.74) is 0.326. The maximum atomic E-state index is 10.9. The number of fused-ring (bicyclic) bond motifs is 5. The number of pyridine rings is 1. The van der Waals surface area contributed by atoms with Gasteiger partial charge in [-0.2, -0.15) is 0 Å². The lowest BCUT2D eigenvalue weighted by atomic mass is 9.47. The summed E-state index contributed by atoms with van der Waals surface area (Å²) in [6.07, 6.45) is 13.9. The molecule has 0 unspecified atom stereocenters. The molecule has 1 aromatic heterocycles. The van der Waals surface area contributed by atoms with E-state index in [-0.39, 0.29) is 6.10 Å². The summed E-state index contributed by atoms with van der Waals surface area (Å²) < 4.78 is 37.6. The number of hydrogen-bond acceptors (Lipinski definition) is 4. The van der Waals surface area contributed by atoms with Crippen molar-refractivity contribution in [1.82, 2.24) is 0 Å². The van der Waals surface area contributed by atoms with Gasteiger partial charge in [0, 0.05) is 12.1 Å². The van der Waals surface area contributed by atoms with Gasteiger partial charge in [-0.15, -0.1) is 0 Å². The highest BCUT2D eigenvalue weighted by atomic mass is 32.3. The molecule has 0 spiro atoms. The van der Waals surface area contributed by atoms with Crippen LogP contribution in [0.5, 0.6) is 0 Å². The van der Waals surface area contributed by atoms with Gasteiger partial charge < -0.3 is 4.55 Å². The smallest absolute Gasteiger partial charge is 0.217 e. The molecule has 8 atom stereocenters. The molecule has 30 heavy (non-hydrogen) atoms. The fraction of sp³-hybridized carbons (Fsp3) is 0.792. The van der Waals surface area contributed by atoms with Crippen molar-refractivity contribution in [2.24, 2.45) is 40.9 Å². The van der Waals surface area contributed by atoms with Gasteiger partial charge in [-0.3, -0.25) is 4.18 Å². The van der Waals surface area contributed by atoms with Crippen LogP contribution in [0.2, 0.25) is 0 Å². The first kappa shape index (κ1) is 22.2. The second kappa shape index (κ2) is 8.87. The minimum Gasteiger partial charge on any atom is -0.726 e. The quantitative estimate of drug-likeness (QED) is 0.501. The maximum absolute atomic E-state index is 10.9. The Labute approximate surface area is 182 Å². The van der Waals surface area contributed by atoms with Gasteiger partial charge in [0.2, 0.25) is 10.4 Å². The number of rotatable bonds is 2. The molecule has 0 radical (unpaired) electrons. The van der Waals surface area contributed by atoms with E-state index in [9.17, 15) is 13.0 Å². The van der Waals surface area contributed by atoms with Gasteiger partial charge in [0.1, 0.15) is 0 Å². The normalized spacial score (nSPS) is 42.8. The summed E-state index contributed by atoms with van der Waals surface area (Å²) in [5.74, 6) is 5.01. The first-order valence-electron chi connectivity index (χ1n) is 11.8. The third-order valence-corrected chi connectivity index (χ3v) is 9.66. The average Bonchev–Trinajstić information content (AvgIpc) is 3.10. The predicted octanol–water partition coefficient (Wildman–Crippen LogP) is 4.62. The van der Waals surface area contributed by atoms with Crippen LogP contribution in [-0.2, 0) is 14.6 Å². The van der Waals surface area contributed by atoms with Gasteiger partial charge in [0.25, 0.3) is 0 Å². The second-order valence-electron chi connectivity index (χ2n) is 10.5. The van der Waals surface area contributed by atoms with E-state index in [4.69, 9.17) is 4.18 Å². The van der Waals surface area contributed by atoms with Crippen molar-refractivity contribution in [1.29, 1.82) is 0 Å². The topological polar surface area (TPSA) is 80.6 Å². The van der Waals surface area contributed by atoms with Gasteiger partial charge in [0.05, 0.1) is 6.10 Å². The first-order valence-corrected chi connectivity index (χ1v) is 13.2. The van der Waals surface area contributed by atoms with Crippen LogP contribution in [0, 0.1) is 40.9 Å². The van der Waals surface area contributed by atoms with E-state index in [1.165, 1.54) is 38.5 Å². The molecule has 0 saturated heterocycles. The average molecular weight is 436 g/mol. The molecule has 1 aromatic rings. The summed E-state index contributed by atoms with van der Waals surface area (Å²) in [5, 5.41) is 0. The molecule has 5 rings (SSSR count). The summed E-state index contributed by atoms with van der Waals surface area (Å²) in [6.45, 7) is 4.90. The molecule has 0 aromatic carbocycles. The standard InChI is InChI=1S/C19H32O4S.C5H5N/c1-12-3-5-16-15(12)7-8-18-17(16)6-4-13-11-14(23-24(20,21)22)9-10-19(13,18)2;1-2-4-6-5-3-1/h12-18H,3-11H2,1-2H3,(H,20,21,22);1-5H/t12-,13-,14-,15+,16-,17-,18+,19+;/m1./s1. The molecule has 5 nitrogen and oxygen atoms in total. The molecule has 1 N–H and O–H groups in total. The fourth-order valence-corrected chi connectivity index (χ4v) is 8.27. The van der Waals surface area contributed by atoms with E-state index >= 15 is 0 Å². The highest BCUT2D eigenvalue weighted by Crippen LogP contribution is 2.63. The summed E-state index contributed by atoms with van der Waals surface area (Å²) in [4.78, 5) is 2.89. The lowest BCUT2D eigenvalue weighted by molar-refractivity contribution is -0.377. The lowest BCUT2D eigenvalue weighted by Crippen LogP contribution is -2.52. The Morgan fingerprint density at radius 2 is 1.63 bits per heavy atom. The molecular formula is C24H37NO4S. The zero-order valence-corrected chi connectivity index (χ0v) is 19.1. The number of hydrogen-bond donors (Lipinski definition) is 0. The van der Waals surface area contributed by atoms with Crippen LogP contribution in [0.4, 0.5) is 0 Å². The van der Waals surface area contributed by atoms with E-state index in [1.807, 2.05) is 30.6 Å². The first-order chi connectivity index (χ1) is 14.3. The molecule has 4 saturated carbocycles. The van der Waals surface area contributed by atoms with Gasteiger partial charge in [-0.1, -0.05) is 26.3 Å². The largest absolute Gasteiger partial charge is 0.726 e. The SMILES string of the molecule is C[C@@H]1CC[C@@H]2[C@H]1CC[C@H]1[C@@H]2CC[C@@H]2C[C@H](OS(=O)(=O)[O-])CC[C@@]21C.c1cc[nH+]cc1. The minimum absolute atomic E-state index is 0.326. The Hall–Kier alpha value is -0.980. The highest BCUT2D eigenvalue weighted by molar-refractivity contribution is 7.80. The van der Waals surface area contributed by atoms with Crippen LogP contribution in [0.3, 0.4) is 0 Å². The summed E-state index contributed by atoms with van der Waals surface area (Å²) in [6, 6.07) is 5.86. The summed E-state index contributed by atoms with van der Waals surface area (Å²) in [7, 11) is -4.57. The number of aromatic amines is 1. The Bertz CT molecular complexity index is 774. The Morgan fingerprint density at radius 3 is 2.27 bits per heavy atom. The van der Waals surface area contributed by atoms with Crippen LogP contribution in [0.25, 0.3) is 0 Å². The van der Waals surface area contributed by atoms with E-state index in [1.54, 1.807) is 0 Å². The van der Waals surface area contributed by atoms with Gasteiger partial charge >= 0.3 is 0 Å². The Balaban J connectivity index is 0.000000313. The molecule has 0 aliphatic heterocycles. The minimum atomic E-state index is -4.57. The lowest BCUT2D eigenvalue weighted by Gasteiger charge is -2.59. The molecule has 0 amide bonds. The van der Waals surface area contributed by atoms with Crippen molar-refractivity contribution in [2.45, 2.75) is 77.7 Å². The Morgan fingerprint density at radius 1 is 0.933 bits per heavy atom. The van der Waals surface area contributed by atoms with Gasteiger partial charge in [-0.25, -0.2) is 13.4 Å². The zero-order valence-electron chi connectivity index (χ0n) is 18.3. The van der Waals surface area contributed by atoms with Crippen molar-refractivity contribution >= 4 is 10.4 Å². The summed E-state index contributed by atoms with van der Waals surface area (Å²) >= 11 is 0. The van der Waals surface area contributed by atoms with Crippen LogP contribution in [-0.4, -0.2) is 19.1 Å². The molecule has 4 fully saturated rings. The molecule has 0 bridgehead atoms. The zero-order chi connectivity index (χ0) is 21.4. The molecule has 1 heterocycles.